The first kappa shape index (κ1) is 14.0. The first-order chi connectivity index (χ1) is 9.08. The minimum absolute atomic E-state index is 0.320. The van der Waals surface area contributed by atoms with E-state index in [0.717, 1.165) is 16.7 Å². The van der Waals surface area contributed by atoms with E-state index in [1.807, 2.05) is 25.1 Å². The van der Waals surface area contributed by atoms with Crippen LogP contribution in [-0.2, 0) is 13.2 Å². The highest BCUT2D eigenvalue weighted by Crippen LogP contribution is 2.22. The van der Waals surface area contributed by atoms with Gasteiger partial charge in [0.25, 0.3) is 0 Å². The van der Waals surface area contributed by atoms with E-state index in [1.54, 1.807) is 6.07 Å². The number of ether oxygens (including phenoxy) is 1. The Balaban J connectivity index is 2.10. The number of aryl methyl sites for hydroxylation is 1. The van der Waals surface area contributed by atoms with Gasteiger partial charge in [0.15, 0.2) is 0 Å². The molecule has 19 heavy (non-hydrogen) atoms. The molecule has 0 aromatic heterocycles. The van der Waals surface area contributed by atoms with Gasteiger partial charge in [0.2, 0.25) is 0 Å². The molecule has 2 N–H and O–H groups in total. The van der Waals surface area contributed by atoms with Gasteiger partial charge in [-0.1, -0.05) is 34.1 Å². The average molecular weight is 324 g/mol. The predicted molar refractivity (Wildman–Crippen MR) is 77.5 cm³/mol. The van der Waals surface area contributed by atoms with Crippen molar-refractivity contribution in [2.45, 2.75) is 20.1 Å². The second-order valence-corrected chi connectivity index (χ2v) is 5.27. The summed E-state index contributed by atoms with van der Waals surface area (Å²) >= 11 is 3.24. The molecule has 0 atom stereocenters. The third-order valence-electron chi connectivity index (χ3n) is 2.87. The molecular formula is C15H15BrFNO. The lowest BCUT2D eigenvalue weighted by molar-refractivity contribution is 0.303. The minimum atomic E-state index is -0.320. The molecule has 2 rings (SSSR count). The Morgan fingerprint density at radius 1 is 1.21 bits per heavy atom. The highest BCUT2D eigenvalue weighted by atomic mass is 79.9. The van der Waals surface area contributed by atoms with Crippen LogP contribution in [0.4, 0.5) is 4.39 Å². The van der Waals surface area contributed by atoms with Crippen molar-refractivity contribution in [1.29, 1.82) is 0 Å². The van der Waals surface area contributed by atoms with Crippen molar-refractivity contribution in [2.24, 2.45) is 5.73 Å². The maximum absolute atomic E-state index is 13.2. The molecule has 2 nitrogen and oxygen atoms in total. The van der Waals surface area contributed by atoms with Crippen molar-refractivity contribution >= 4 is 15.9 Å². The molecule has 0 aliphatic rings. The molecule has 2 aromatic rings. The average Bonchev–Trinajstić information content (AvgIpc) is 2.36. The first-order valence-corrected chi connectivity index (χ1v) is 6.75. The van der Waals surface area contributed by atoms with Gasteiger partial charge in [0.05, 0.1) is 0 Å². The van der Waals surface area contributed by atoms with Crippen molar-refractivity contribution in [3.05, 3.63) is 63.4 Å². The summed E-state index contributed by atoms with van der Waals surface area (Å²) in [6.45, 7) is 2.95. The molecule has 0 aliphatic heterocycles. The second kappa shape index (κ2) is 6.17. The highest BCUT2D eigenvalue weighted by Gasteiger charge is 2.03. The number of nitrogens with two attached hydrogens (primary N) is 1. The molecule has 0 aliphatic carbocycles. The lowest BCUT2D eigenvalue weighted by Crippen LogP contribution is -2.01. The van der Waals surface area contributed by atoms with Crippen LogP contribution in [0.3, 0.4) is 0 Å². The number of benzene rings is 2. The molecule has 0 amide bonds. The fraction of sp³-hybridized carbons (Fsp3) is 0.200. The largest absolute Gasteiger partial charge is 0.489 e. The summed E-state index contributed by atoms with van der Waals surface area (Å²) in [5, 5.41) is 0. The van der Waals surface area contributed by atoms with Gasteiger partial charge in [-0.3, -0.25) is 0 Å². The normalized spacial score (nSPS) is 10.5. The van der Waals surface area contributed by atoms with Crippen LogP contribution in [0.2, 0.25) is 0 Å². The Labute approximate surface area is 120 Å². The van der Waals surface area contributed by atoms with Gasteiger partial charge in [-0.15, -0.1) is 0 Å². The molecule has 0 radical (unpaired) electrons. The fourth-order valence-corrected chi connectivity index (χ4v) is 2.26. The third-order valence-corrected chi connectivity index (χ3v) is 3.33. The standard InChI is InChI=1S/C15H15BrFNO/c1-10-4-11(8-18)2-3-12(10)9-19-15-6-13(16)5-14(17)7-15/h2-7H,8-9,18H2,1H3. The number of hydrogen-bond acceptors (Lipinski definition) is 2. The summed E-state index contributed by atoms with van der Waals surface area (Å²) < 4.78 is 19.5. The summed E-state index contributed by atoms with van der Waals surface area (Å²) in [6, 6.07) is 10.5. The fourth-order valence-electron chi connectivity index (χ4n) is 1.82. The monoisotopic (exact) mass is 323 g/mol. The van der Waals surface area contributed by atoms with Crippen LogP contribution in [0.5, 0.6) is 5.75 Å². The van der Waals surface area contributed by atoms with Gasteiger partial charge in [-0.05, 0) is 35.7 Å². The Hall–Kier alpha value is -1.39. The zero-order chi connectivity index (χ0) is 13.8. The topological polar surface area (TPSA) is 35.2 Å². The van der Waals surface area contributed by atoms with Crippen molar-refractivity contribution in [3.8, 4) is 5.75 Å². The lowest BCUT2D eigenvalue weighted by Gasteiger charge is -2.10. The molecule has 4 heteroatoms. The summed E-state index contributed by atoms with van der Waals surface area (Å²) in [5.74, 6) is 0.189. The Kier molecular flexibility index (Phi) is 4.56. The van der Waals surface area contributed by atoms with E-state index in [1.165, 1.54) is 12.1 Å². The SMILES string of the molecule is Cc1cc(CN)ccc1COc1cc(F)cc(Br)c1. The van der Waals surface area contributed by atoms with Crippen LogP contribution >= 0.6 is 15.9 Å². The predicted octanol–water partition coefficient (Wildman–Crippen LogP) is 3.93. The van der Waals surface area contributed by atoms with Crippen molar-refractivity contribution in [1.82, 2.24) is 0 Å². The molecule has 0 heterocycles. The summed E-state index contributed by atoms with van der Waals surface area (Å²) in [7, 11) is 0. The van der Waals surface area contributed by atoms with Crippen LogP contribution < -0.4 is 10.5 Å². The minimum Gasteiger partial charge on any atom is -0.489 e. The van der Waals surface area contributed by atoms with Crippen molar-refractivity contribution in [3.63, 3.8) is 0 Å². The summed E-state index contributed by atoms with van der Waals surface area (Å²) in [6.07, 6.45) is 0. The van der Waals surface area contributed by atoms with Crippen molar-refractivity contribution in [2.75, 3.05) is 0 Å². The van der Waals surface area contributed by atoms with Crippen LogP contribution in [0.25, 0.3) is 0 Å². The van der Waals surface area contributed by atoms with E-state index in [9.17, 15) is 4.39 Å². The molecule has 0 spiro atoms. The van der Waals surface area contributed by atoms with Gasteiger partial charge in [0.1, 0.15) is 18.2 Å². The van der Waals surface area contributed by atoms with Crippen molar-refractivity contribution < 1.29 is 9.13 Å². The molecule has 2 aromatic carbocycles. The highest BCUT2D eigenvalue weighted by molar-refractivity contribution is 9.10. The van der Waals surface area contributed by atoms with Gasteiger partial charge in [0, 0.05) is 17.1 Å². The summed E-state index contributed by atoms with van der Waals surface area (Å²) in [5.41, 5.74) is 8.87. The van der Waals surface area contributed by atoms with E-state index < -0.39 is 0 Å². The maximum atomic E-state index is 13.2. The van der Waals surface area contributed by atoms with E-state index in [-0.39, 0.29) is 5.82 Å². The van der Waals surface area contributed by atoms with Gasteiger partial charge < -0.3 is 10.5 Å². The van der Waals surface area contributed by atoms with Gasteiger partial charge >= 0.3 is 0 Å². The molecule has 100 valence electrons. The second-order valence-electron chi connectivity index (χ2n) is 4.36. The Bertz CT molecular complexity index is 566. The van der Waals surface area contributed by atoms with Crippen LogP contribution in [0.15, 0.2) is 40.9 Å². The van der Waals surface area contributed by atoms with E-state index in [2.05, 4.69) is 15.9 Å². The first-order valence-electron chi connectivity index (χ1n) is 5.96. The Morgan fingerprint density at radius 2 is 2.00 bits per heavy atom. The van der Waals surface area contributed by atoms with Gasteiger partial charge in [-0.25, -0.2) is 4.39 Å². The lowest BCUT2D eigenvalue weighted by atomic mass is 10.1. The van der Waals surface area contributed by atoms with E-state index >= 15 is 0 Å². The third kappa shape index (κ3) is 3.78. The van der Waals surface area contributed by atoms with Crippen LogP contribution in [0, 0.1) is 12.7 Å². The zero-order valence-corrected chi connectivity index (χ0v) is 12.2. The molecule has 0 bridgehead atoms. The van der Waals surface area contributed by atoms with Crippen LogP contribution in [0.1, 0.15) is 16.7 Å². The smallest absolute Gasteiger partial charge is 0.128 e. The maximum Gasteiger partial charge on any atom is 0.128 e. The Morgan fingerprint density at radius 3 is 2.63 bits per heavy atom. The quantitative estimate of drug-likeness (QED) is 0.925. The zero-order valence-electron chi connectivity index (χ0n) is 10.6. The molecule has 0 saturated heterocycles. The molecular weight excluding hydrogens is 309 g/mol. The number of hydrogen-bond donors (Lipinski definition) is 1. The van der Waals surface area contributed by atoms with E-state index in [0.29, 0.717) is 23.4 Å². The number of halogens is 2. The summed E-state index contributed by atoms with van der Waals surface area (Å²) in [4.78, 5) is 0. The molecule has 0 fully saturated rings. The number of rotatable bonds is 4. The van der Waals surface area contributed by atoms with Gasteiger partial charge in [-0.2, -0.15) is 0 Å². The molecule has 0 unspecified atom stereocenters. The van der Waals surface area contributed by atoms with E-state index in [4.69, 9.17) is 10.5 Å². The molecule has 0 saturated carbocycles. The van der Waals surface area contributed by atoms with Crippen LogP contribution in [-0.4, -0.2) is 0 Å².